The van der Waals surface area contributed by atoms with E-state index in [1.54, 1.807) is 0 Å². The Morgan fingerprint density at radius 1 is 0.690 bits per heavy atom. The lowest BCUT2D eigenvalue weighted by molar-refractivity contribution is -0.0269. The molecule has 0 amide bonds. The fourth-order valence-corrected chi connectivity index (χ4v) is 12.3. The third-order valence-corrected chi connectivity index (χ3v) is 13.0. The van der Waals surface area contributed by atoms with Crippen molar-refractivity contribution in [1.29, 1.82) is 0 Å². The van der Waals surface area contributed by atoms with Crippen LogP contribution in [0.4, 0.5) is 0 Å². The SMILES string of the molecule is O[C@]12CCCC[C@H]1C[C@@H]([Si](c1ccccc1)(c1ccccc1)c1ccccc1)C2. The van der Waals surface area contributed by atoms with E-state index in [1.165, 1.54) is 34.8 Å². The molecule has 3 aromatic carbocycles. The van der Waals surface area contributed by atoms with Crippen molar-refractivity contribution in [2.24, 2.45) is 5.92 Å². The highest BCUT2D eigenvalue weighted by atomic mass is 28.3. The molecule has 0 saturated heterocycles. The van der Waals surface area contributed by atoms with E-state index < -0.39 is 13.7 Å². The first-order valence-corrected chi connectivity index (χ1v) is 13.2. The number of rotatable bonds is 4. The molecule has 29 heavy (non-hydrogen) atoms. The third-order valence-electron chi connectivity index (χ3n) is 7.64. The molecule has 2 heteroatoms. The van der Waals surface area contributed by atoms with Gasteiger partial charge in [0, 0.05) is 0 Å². The largest absolute Gasteiger partial charge is 0.390 e. The predicted molar refractivity (Wildman–Crippen MR) is 124 cm³/mol. The van der Waals surface area contributed by atoms with Crippen LogP contribution < -0.4 is 15.6 Å². The zero-order chi connectivity index (χ0) is 19.7. The minimum absolute atomic E-state index is 0.459. The Bertz CT molecular complexity index is 843. The van der Waals surface area contributed by atoms with Gasteiger partial charge < -0.3 is 5.11 Å². The molecule has 1 N–H and O–H groups in total. The van der Waals surface area contributed by atoms with Gasteiger partial charge in [0.2, 0.25) is 0 Å². The molecule has 2 fully saturated rings. The van der Waals surface area contributed by atoms with Crippen LogP contribution in [0.5, 0.6) is 0 Å². The highest BCUT2D eigenvalue weighted by molar-refractivity contribution is 7.12. The first kappa shape index (κ1) is 18.8. The summed E-state index contributed by atoms with van der Waals surface area (Å²) in [4.78, 5) is 0. The maximum atomic E-state index is 11.6. The van der Waals surface area contributed by atoms with Gasteiger partial charge in [-0.2, -0.15) is 0 Å². The van der Waals surface area contributed by atoms with Gasteiger partial charge in [0.05, 0.1) is 5.60 Å². The van der Waals surface area contributed by atoms with Gasteiger partial charge in [-0.1, -0.05) is 104 Å². The van der Waals surface area contributed by atoms with Crippen LogP contribution in [0, 0.1) is 5.92 Å². The quantitative estimate of drug-likeness (QED) is 0.515. The van der Waals surface area contributed by atoms with Gasteiger partial charge in [0.1, 0.15) is 0 Å². The van der Waals surface area contributed by atoms with Crippen molar-refractivity contribution in [3.8, 4) is 0 Å². The molecule has 3 atom stereocenters. The summed E-state index contributed by atoms with van der Waals surface area (Å²) in [7, 11) is -2.29. The Balaban J connectivity index is 1.75. The minimum Gasteiger partial charge on any atom is -0.390 e. The van der Waals surface area contributed by atoms with Crippen molar-refractivity contribution in [2.75, 3.05) is 0 Å². The molecule has 0 bridgehead atoms. The van der Waals surface area contributed by atoms with Crippen molar-refractivity contribution in [3.05, 3.63) is 91.0 Å². The first-order chi connectivity index (χ1) is 14.2. The molecule has 5 rings (SSSR count). The van der Waals surface area contributed by atoms with Gasteiger partial charge >= 0.3 is 0 Å². The normalized spacial score (nSPS) is 26.8. The van der Waals surface area contributed by atoms with Crippen LogP contribution in [0.25, 0.3) is 0 Å². The highest BCUT2D eigenvalue weighted by Gasteiger charge is 2.56. The second-order valence-electron chi connectivity index (χ2n) is 9.09. The van der Waals surface area contributed by atoms with Crippen LogP contribution in [0.15, 0.2) is 91.0 Å². The Labute approximate surface area is 175 Å². The van der Waals surface area contributed by atoms with Crippen LogP contribution >= 0.6 is 0 Å². The van der Waals surface area contributed by atoms with Crippen LogP contribution in [0.3, 0.4) is 0 Å². The zero-order valence-corrected chi connectivity index (χ0v) is 18.0. The van der Waals surface area contributed by atoms with E-state index in [0.29, 0.717) is 11.5 Å². The Kier molecular flexibility index (Phi) is 4.93. The van der Waals surface area contributed by atoms with Crippen LogP contribution in [0.1, 0.15) is 38.5 Å². The number of hydrogen-bond acceptors (Lipinski definition) is 1. The Morgan fingerprint density at radius 2 is 1.17 bits per heavy atom. The molecule has 0 aromatic heterocycles. The molecule has 3 aromatic rings. The summed E-state index contributed by atoms with van der Waals surface area (Å²) in [6, 6.07) is 33.6. The molecule has 1 nitrogen and oxygen atoms in total. The maximum absolute atomic E-state index is 11.6. The topological polar surface area (TPSA) is 20.2 Å². The zero-order valence-electron chi connectivity index (χ0n) is 17.0. The Morgan fingerprint density at radius 3 is 1.62 bits per heavy atom. The molecule has 0 aliphatic heterocycles. The average Bonchev–Trinajstić information content (AvgIpc) is 3.14. The summed E-state index contributed by atoms with van der Waals surface area (Å²) in [5, 5.41) is 16.0. The number of benzene rings is 3. The van der Waals surface area contributed by atoms with Gasteiger partial charge in [-0.3, -0.25) is 0 Å². The second-order valence-corrected chi connectivity index (χ2v) is 13.3. The van der Waals surface area contributed by atoms with E-state index in [2.05, 4.69) is 91.0 Å². The monoisotopic (exact) mass is 398 g/mol. The second kappa shape index (κ2) is 7.59. The van der Waals surface area contributed by atoms with E-state index in [-0.39, 0.29) is 0 Å². The fourth-order valence-electron chi connectivity index (χ4n) is 6.39. The van der Waals surface area contributed by atoms with E-state index in [1.807, 2.05) is 0 Å². The molecule has 2 saturated carbocycles. The summed E-state index contributed by atoms with van der Waals surface area (Å²) in [5.41, 5.74) is 0.0577. The molecule has 148 valence electrons. The summed E-state index contributed by atoms with van der Waals surface area (Å²) < 4.78 is 0. The van der Waals surface area contributed by atoms with Crippen LogP contribution in [-0.4, -0.2) is 18.8 Å². The van der Waals surface area contributed by atoms with Crippen molar-refractivity contribution in [1.82, 2.24) is 0 Å². The van der Waals surface area contributed by atoms with Crippen molar-refractivity contribution in [2.45, 2.75) is 49.7 Å². The standard InChI is InChI=1S/C27H30OSi/c28-27-19-11-10-12-22(27)20-26(21-27)29(23-13-4-1-5-14-23,24-15-6-2-7-16-24)25-17-8-3-9-18-25/h1-9,13-18,22,26,28H,10-12,19-21H2/t22-,26+,27-/m0/s1. The Hall–Kier alpha value is -2.16. The predicted octanol–water partition coefficient (Wildman–Crippen LogP) is 4.24. The summed E-state index contributed by atoms with van der Waals surface area (Å²) in [5.74, 6) is 0.462. The van der Waals surface area contributed by atoms with Crippen molar-refractivity contribution in [3.63, 3.8) is 0 Å². The number of fused-ring (bicyclic) bond motifs is 1. The number of hydrogen-bond donors (Lipinski definition) is 1. The molecular weight excluding hydrogens is 368 g/mol. The smallest absolute Gasteiger partial charge is 0.151 e. The lowest BCUT2D eigenvalue weighted by Gasteiger charge is -2.40. The van der Waals surface area contributed by atoms with Crippen LogP contribution in [0.2, 0.25) is 5.54 Å². The highest BCUT2D eigenvalue weighted by Crippen LogP contribution is 2.53. The molecule has 0 unspecified atom stereocenters. The summed E-state index contributed by atoms with van der Waals surface area (Å²) in [6.45, 7) is 0. The van der Waals surface area contributed by atoms with E-state index >= 15 is 0 Å². The molecule has 2 aliphatic carbocycles. The number of aliphatic hydroxyl groups is 1. The lowest BCUT2D eigenvalue weighted by atomic mass is 9.78. The van der Waals surface area contributed by atoms with E-state index in [0.717, 1.165) is 19.3 Å². The van der Waals surface area contributed by atoms with Gasteiger partial charge in [-0.05, 0) is 52.7 Å². The third kappa shape index (κ3) is 3.10. The fraction of sp³-hybridized carbons (Fsp3) is 0.333. The average molecular weight is 399 g/mol. The molecule has 0 heterocycles. The summed E-state index contributed by atoms with van der Waals surface area (Å²) in [6.07, 6.45) is 6.73. The maximum Gasteiger partial charge on any atom is 0.151 e. The minimum atomic E-state index is -2.29. The lowest BCUT2D eigenvalue weighted by Crippen LogP contribution is -2.69. The molecule has 0 radical (unpaired) electrons. The van der Waals surface area contributed by atoms with Crippen molar-refractivity contribution < 1.29 is 5.11 Å². The molecule has 0 spiro atoms. The summed E-state index contributed by atoms with van der Waals surface area (Å²) >= 11 is 0. The molecule has 2 aliphatic rings. The first-order valence-electron chi connectivity index (χ1n) is 11.1. The van der Waals surface area contributed by atoms with Crippen LogP contribution in [-0.2, 0) is 0 Å². The van der Waals surface area contributed by atoms with E-state index in [9.17, 15) is 5.11 Å². The van der Waals surface area contributed by atoms with Crippen molar-refractivity contribution >= 4 is 23.6 Å². The molecular formula is C27H30OSi. The van der Waals surface area contributed by atoms with Gasteiger partial charge in [0.15, 0.2) is 8.07 Å². The van der Waals surface area contributed by atoms with Gasteiger partial charge in [-0.15, -0.1) is 0 Å². The van der Waals surface area contributed by atoms with Gasteiger partial charge in [-0.25, -0.2) is 0 Å². The van der Waals surface area contributed by atoms with Gasteiger partial charge in [0.25, 0.3) is 0 Å². The van der Waals surface area contributed by atoms with E-state index in [4.69, 9.17) is 0 Å².